The summed E-state index contributed by atoms with van der Waals surface area (Å²) in [6.07, 6.45) is 13.9. The molecule has 2 fully saturated rings. The lowest BCUT2D eigenvalue weighted by Crippen LogP contribution is -2.46. The maximum atomic E-state index is 4.57. The fourth-order valence-electron chi connectivity index (χ4n) is 7.97. The van der Waals surface area contributed by atoms with Gasteiger partial charge in [0, 0.05) is 0 Å². The first-order chi connectivity index (χ1) is 13.1. The molecule has 0 heterocycles. The van der Waals surface area contributed by atoms with Crippen LogP contribution < -0.4 is 0 Å². The molecule has 0 amide bonds. The van der Waals surface area contributed by atoms with E-state index in [0.29, 0.717) is 10.8 Å². The summed E-state index contributed by atoms with van der Waals surface area (Å²) in [5.41, 5.74) is 2.46. The first-order valence-electron chi connectivity index (χ1n) is 12.8. The van der Waals surface area contributed by atoms with Crippen molar-refractivity contribution in [2.75, 3.05) is 0 Å². The van der Waals surface area contributed by atoms with Crippen LogP contribution >= 0.6 is 0 Å². The minimum absolute atomic E-state index is 0.352. The van der Waals surface area contributed by atoms with Crippen LogP contribution in [0.2, 0.25) is 0 Å². The first-order valence-corrected chi connectivity index (χ1v) is 12.8. The lowest BCUT2D eigenvalue weighted by molar-refractivity contribution is -0.0341. The highest BCUT2D eigenvalue weighted by Gasteiger charge is 2.56. The zero-order valence-corrected chi connectivity index (χ0v) is 20.7. The van der Waals surface area contributed by atoms with Gasteiger partial charge in [-0.1, -0.05) is 93.2 Å². The summed E-state index contributed by atoms with van der Waals surface area (Å²) in [5.74, 6) is 5.35. The molecule has 0 saturated heterocycles. The predicted octanol–water partition coefficient (Wildman–Crippen LogP) is 9.30. The predicted molar refractivity (Wildman–Crippen MR) is 127 cm³/mol. The zero-order chi connectivity index (χ0) is 21.1. The number of rotatable bonds is 10. The Morgan fingerprint density at radius 2 is 1.79 bits per heavy atom. The number of hydrogen-bond acceptors (Lipinski definition) is 0. The van der Waals surface area contributed by atoms with Gasteiger partial charge in [-0.3, -0.25) is 0 Å². The topological polar surface area (TPSA) is 0 Å². The molecule has 0 heteroatoms. The van der Waals surface area contributed by atoms with E-state index in [1.165, 1.54) is 63.4 Å². The number of allylic oxidation sites excluding steroid dienone is 1. The van der Waals surface area contributed by atoms with Crippen LogP contribution in [-0.2, 0) is 0 Å². The van der Waals surface area contributed by atoms with Gasteiger partial charge in [-0.15, -0.1) is 0 Å². The average molecular weight is 389 g/mol. The molecule has 0 N–H and O–H groups in total. The number of hydrogen-bond donors (Lipinski definition) is 0. The van der Waals surface area contributed by atoms with Gasteiger partial charge in [-0.05, 0) is 84.9 Å². The van der Waals surface area contributed by atoms with Gasteiger partial charge in [0.05, 0.1) is 0 Å². The fraction of sp³-hybridized carbons (Fsp3) is 0.929. The second-order valence-electron chi connectivity index (χ2n) is 11.7. The first kappa shape index (κ1) is 24.0. The normalized spacial score (nSPS) is 36.2. The third-order valence-electron chi connectivity index (χ3n) is 9.70. The Kier molecular flexibility index (Phi) is 8.32. The van der Waals surface area contributed by atoms with Crippen molar-refractivity contribution < 1.29 is 0 Å². The fourth-order valence-corrected chi connectivity index (χ4v) is 7.97. The van der Waals surface area contributed by atoms with Crippen LogP contribution in [0.4, 0.5) is 0 Å². The van der Waals surface area contributed by atoms with Crippen LogP contribution in [0.5, 0.6) is 0 Å². The van der Waals surface area contributed by atoms with Crippen LogP contribution in [0.25, 0.3) is 0 Å². The van der Waals surface area contributed by atoms with Crippen molar-refractivity contribution >= 4 is 0 Å². The van der Waals surface area contributed by atoms with Gasteiger partial charge in [0.1, 0.15) is 0 Å². The van der Waals surface area contributed by atoms with Crippen molar-refractivity contribution in [1.29, 1.82) is 0 Å². The summed E-state index contributed by atoms with van der Waals surface area (Å²) in [6, 6.07) is 0. The van der Waals surface area contributed by atoms with E-state index in [4.69, 9.17) is 0 Å². The standard InChI is InChI=1S/C28H52/c1-10-18-27(8,22(6)11-2)26-17-19-28(9)24(15-16-25(28)23(26)7)21(5)14-12-13-20(3)4/h20-21,23-26H,6,10-19H2,1-5,7-9H3. The molecule has 2 saturated carbocycles. The highest BCUT2D eigenvalue weighted by molar-refractivity contribution is 5.14. The van der Waals surface area contributed by atoms with Crippen molar-refractivity contribution in [1.82, 2.24) is 0 Å². The van der Waals surface area contributed by atoms with Crippen LogP contribution in [0.3, 0.4) is 0 Å². The van der Waals surface area contributed by atoms with Gasteiger partial charge in [-0.2, -0.15) is 0 Å². The minimum Gasteiger partial charge on any atom is -0.0993 e. The van der Waals surface area contributed by atoms with Crippen molar-refractivity contribution in [3.8, 4) is 0 Å². The monoisotopic (exact) mass is 388 g/mol. The number of fused-ring (bicyclic) bond motifs is 1. The SMILES string of the molecule is C=C(CC)C(C)(CCC)C1CCC2(C)C(C(C)CCCC(C)C)CCC2C1C. The van der Waals surface area contributed by atoms with E-state index in [1.54, 1.807) is 0 Å². The van der Waals surface area contributed by atoms with E-state index in [0.717, 1.165) is 41.9 Å². The summed E-state index contributed by atoms with van der Waals surface area (Å²) in [7, 11) is 0. The quantitative estimate of drug-likeness (QED) is 0.327. The summed E-state index contributed by atoms with van der Waals surface area (Å²) in [6.45, 7) is 24.4. The molecule has 0 aromatic heterocycles. The van der Waals surface area contributed by atoms with Crippen molar-refractivity contribution in [2.24, 2.45) is 46.3 Å². The van der Waals surface area contributed by atoms with E-state index in [2.05, 4.69) is 62.0 Å². The molecule has 0 aliphatic heterocycles. The van der Waals surface area contributed by atoms with Crippen LogP contribution in [0.15, 0.2) is 12.2 Å². The maximum absolute atomic E-state index is 4.57. The van der Waals surface area contributed by atoms with E-state index < -0.39 is 0 Å². The lowest BCUT2D eigenvalue weighted by Gasteiger charge is -2.54. The van der Waals surface area contributed by atoms with Gasteiger partial charge in [0.15, 0.2) is 0 Å². The molecule has 0 aromatic carbocycles. The van der Waals surface area contributed by atoms with Gasteiger partial charge in [0.25, 0.3) is 0 Å². The summed E-state index contributed by atoms with van der Waals surface area (Å²) in [5, 5.41) is 0. The van der Waals surface area contributed by atoms with Crippen molar-refractivity contribution in [3.05, 3.63) is 12.2 Å². The van der Waals surface area contributed by atoms with Gasteiger partial charge >= 0.3 is 0 Å². The smallest absolute Gasteiger partial charge is 0.00884 e. The minimum atomic E-state index is 0.352. The molecule has 2 rings (SSSR count). The Labute approximate surface area is 178 Å². The maximum Gasteiger partial charge on any atom is -0.00884 e. The highest BCUT2D eigenvalue weighted by atomic mass is 14.6. The molecule has 7 unspecified atom stereocenters. The van der Waals surface area contributed by atoms with Gasteiger partial charge in [-0.25, -0.2) is 0 Å². The second kappa shape index (κ2) is 9.70. The molecule has 2 aliphatic carbocycles. The summed E-state index contributed by atoms with van der Waals surface area (Å²) < 4.78 is 0. The van der Waals surface area contributed by atoms with Crippen LogP contribution in [0, 0.1) is 46.3 Å². The van der Waals surface area contributed by atoms with Crippen molar-refractivity contribution in [3.63, 3.8) is 0 Å². The van der Waals surface area contributed by atoms with Gasteiger partial charge < -0.3 is 0 Å². The lowest BCUT2D eigenvalue weighted by atomic mass is 9.51. The molecule has 0 bridgehead atoms. The second-order valence-corrected chi connectivity index (χ2v) is 11.7. The molecule has 2 aliphatic rings. The molecule has 0 spiro atoms. The Hall–Kier alpha value is -0.260. The van der Waals surface area contributed by atoms with E-state index >= 15 is 0 Å². The van der Waals surface area contributed by atoms with Crippen LogP contribution in [-0.4, -0.2) is 0 Å². The van der Waals surface area contributed by atoms with E-state index in [1.807, 2.05) is 0 Å². The van der Waals surface area contributed by atoms with Crippen molar-refractivity contribution in [2.45, 2.75) is 120 Å². The van der Waals surface area contributed by atoms with Crippen LogP contribution in [0.1, 0.15) is 120 Å². The molecular weight excluding hydrogens is 336 g/mol. The molecule has 0 radical (unpaired) electrons. The summed E-state index contributed by atoms with van der Waals surface area (Å²) >= 11 is 0. The van der Waals surface area contributed by atoms with Gasteiger partial charge in [0.2, 0.25) is 0 Å². The Morgan fingerprint density at radius 1 is 1.11 bits per heavy atom. The molecule has 0 aromatic rings. The van der Waals surface area contributed by atoms with E-state index in [-0.39, 0.29) is 0 Å². The zero-order valence-electron chi connectivity index (χ0n) is 20.7. The molecule has 7 atom stereocenters. The third-order valence-corrected chi connectivity index (χ3v) is 9.70. The highest BCUT2D eigenvalue weighted by Crippen LogP contribution is 2.64. The Morgan fingerprint density at radius 3 is 2.36 bits per heavy atom. The molecule has 164 valence electrons. The molecular formula is C28H52. The molecule has 28 heavy (non-hydrogen) atoms. The Bertz CT molecular complexity index is 502. The Balaban J connectivity index is 2.13. The third kappa shape index (κ3) is 4.57. The van der Waals surface area contributed by atoms with E-state index in [9.17, 15) is 0 Å². The largest absolute Gasteiger partial charge is 0.0993 e. The molecule has 0 nitrogen and oxygen atoms in total. The summed E-state index contributed by atoms with van der Waals surface area (Å²) in [4.78, 5) is 0. The average Bonchev–Trinajstić information content (AvgIpc) is 2.99.